The normalized spacial score (nSPS) is 10.8. The van der Waals surface area contributed by atoms with E-state index in [0.717, 1.165) is 16.3 Å². The Morgan fingerprint density at radius 3 is 2.71 bits per heavy atom. The number of nitrogens with zero attached hydrogens (tertiary/aromatic N) is 3. The molecule has 2 heterocycles. The van der Waals surface area contributed by atoms with E-state index in [2.05, 4.69) is 10.1 Å². The molecule has 0 atom stereocenters. The van der Waals surface area contributed by atoms with Crippen LogP contribution in [0.4, 0.5) is 0 Å². The van der Waals surface area contributed by atoms with Crippen molar-refractivity contribution < 1.29 is 4.79 Å². The van der Waals surface area contributed by atoms with Gasteiger partial charge in [0.15, 0.2) is 5.78 Å². The average Bonchev–Trinajstić information content (AvgIpc) is 2.79. The Bertz CT molecular complexity index is 573. The molecule has 0 fully saturated rings. The Morgan fingerprint density at radius 2 is 2.24 bits per heavy atom. The van der Waals surface area contributed by atoms with Crippen LogP contribution in [0.1, 0.15) is 25.9 Å². The summed E-state index contributed by atoms with van der Waals surface area (Å²) in [5.74, 6) is 0.0357. The molecule has 6 heteroatoms. The first-order valence-corrected chi connectivity index (χ1v) is 6.32. The third-order valence-electron chi connectivity index (χ3n) is 2.50. The minimum absolute atomic E-state index is 0.0357. The summed E-state index contributed by atoms with van der Waals surface area (Å²) < 4.78 is 1.58. The standard InChI is InChI=1S/C11H12ClN3OS/c1-6-8(11(12)15(3)14-6)4-9(16)10-5-13-7(2)17-10/h5H,4H2,1-3H3. The minimum atomic E-state index is 0.0357. The largest absolute Gasteiger partial charge is 0.293 e. The van der Waals surface area contributed by atoms with E-state index >= 15 is 0 Å². The van der Waals surface area contributed by atoms with Crippen LogP contribution < -0.4 is 0 Å². The molecule has 0 bridgehead atoms. The van der Waals surface area contributed by atoms with Crippen molar-refractivity contribution in [3.05, 3.63) is 32.5 Å². The lowest BCUT2D eigenvalue weighted by Crippen LogP contribution is -2.02. The SMILES string of the molecule is Cc1ncc(C(=O)Cc2c(C)nn(C)c2Cl)s1. The van der Waals surface area contributed by atoms with Crippen LogP contribution in [0.3, 0.4) is 0 Å². The molecular formula is C11H12ClN3OS. The van der Waals surface area contributed by atoms with Crippen molar-refractivity contribution in [1.29, 1.82) is 0 Å². The van der Waals surface area contributed by atoms with Crippen LogP contribution in [-0.4, -0.2) is 20.5 Å². The van der Waals surface area contributed by atoms with Gasteiger partial charge < -0.3 is 0 Å². The Kier molecular flexibility index (Phi) is 3.31. The topological polar surface area (TPSA) is 47.8 Å². The highest BCUT2D eigenvalue weighted by Gasteiger charge is 2.17. The van der Waals surface area contributed by atoms with Crippen molar-refractivity contribution in [3.8, 4) is 0 Å². The number of hydrogen-bond acceptors (Lipinski definition) is 4. The lowest BCUT2D eigenvalue weighted by molar-refractivity contribution is 0.0996. The van der Waals surface area contributed by atoms with E-state index in [4.69, 9.17) is 11.6 Å². The Morgan fingerprint density at radius 1 is 1.53 bits per heavy atom. The van der Waals surface area contributed by atoms with Crippen LogP contribution in [0.2, 0.25) is 5.15 Å². The van der Waals surface area contributed by atoms with Crippen LogP contribution in [0, 0.1) is 13.8 Å². The average molecular weight is 270 g/mol. The second-order valence-electron chi connectivity index (χ2n) is 3.82. The molecule has 17 heavy (non-hydrogen) atoms. The van der Waals surface area contributed by atoms with E-state index < -0.39 is 0 Å². The van der Waals surface area contributed by atoms with Gasteiger partial charge in [0.25, 0.3) is 0 Å². The molecule has 4 nitrogen and oxygen atoms in total. The first kappa shape index (κ1) is 12.3. The van der Waals surface area contributed by atoms with Gasteiger partial charge in [0.2, 0.25) is 0 Å². The Labute approximate surface area is 108 Å². The van der Waals surface area contributed by atoms with Crippen molar-refractivity contribution in [2.24, 2.45) is 7.05 Å². The molecule has 0 saturated heterocycles. The molecule has 0 N–H and O–H groups in total. The van der Waals surface area contributed by atoms with Crippen LogP contribution in [0.5, 0.6) is 0 Å². The maximum absolute atomic E-state index is 12.0. The minimum Gasteiger partial charge on any atom is -0.293 e. The van der Waals surface area contributed by atoms with E-state index in [0.29, 0.717) is 10.0 Å². The summed E-state index contributed by atoms with van der Waals surface area (Å²) in [6.07, 6.45) is 1.89. The fraction of sp³-hybridized carbons (Fsp3) is 0.364. The predicted molar refractivity (Wildman–Crippen MR) is 67.8 cm³/mol. The number of ketones is 1. The second kappa shape index (κ2) is 4.58. The molecule has 0 amide bonds. The zero-order chi connectivity index (χ0) is 12.6. The number of aryl methyl sites for hydroxylation is 3. The van der Waals surface area contributed by atoms with Crippen LogP contribution >= 0.6 is 22.9 Å². The van der Waals surface area contributed by atoms with Gasteiger partial charge in [-0.2, -0.15) is 5.10 Å². The number of hydrogen-bond donors (Lipinski definition) is 0. The monoisotopic (exact) mass is 269 g/mol. The molecule has 0 aliphatic heterocycles. The third kappa shape index (κ3) is 2.40. The van der Waals surface area contributed by atoms with Gasteiger partial charge in [-0.05, 0) is 13.8 Å². The number of rotatable bonds is 3. The number of halogens is 1. The molecule has 0 saturated carbocycles. The first-order valence-electron chi connectivity index (χ1n) is 5.12. The molecule has 0 radical (unpaired) electrons. The van der Waals surface area contributed by atoms with E-state index in [9.17, 15) is 4.79 Å². The van der Waals surface area contributed by atoms with Crippen LogP contribution in [-0.2, 0) is 13.5 Å². The number of carbonyl (C=O) groups excluding carboxylic acids is 1. The smallest absolute Gasteiger partial charge is 0.178 e. The maximum atomic E-state index is 12.0. The first-order chi connectivity index (χ1) is 7.99. The molecule has 0 aliphatic carbocycles. The summed E-state index contributed by atoms with van der Waals surface area (Å²) in [7, 11) is 1.76. The summed E-state index contributed by atoms with van der Waals surface area (Å²) >= 11 is 7.49. The molecule has 0 unspecified atom stereocenters. The quantitative estimate of drug-likeness (QED) is 0.805. The number of thiazole rings is 1. The Hall–Kier alpha value is -1.20. The van der Waals surface area contributed by atoms with Crippen molar-refractivity contribution in [1.82, 2.24) is 14.8 Å². The lowest BCUT2D eigenvalue weighted by Gasteiger charge is -1.98. The van der Waals surface area contributed by atoms with Crippen molar-refractivity contribution in [2.45, 2.75) is 20.3 Å². The van der Waals surface area contributed by atoms with Gasteiger partial charge in [0, 0.05) is 25.2 Å². The maximum Gasteiger partial charge on any atom is 0.178 e. The fourth-order valence-electron chi connectivity index (χ4n) is 1.61. The van der Waals surface area contributed by atoms with Gasteiger partial charge in [-0.15, -0.1) is 11.3 Å². The summed E-state index contributed by atoms with van der Waals surface area (Å²) in [6.45, 7) is 3.73. The van der Waals surface area contributed by atoms with Crippen LogP contribution in [0.25, 0.3) is 0 Å². The van der Waals surface area contributed by atoms with Gasteiger partial charge in [-0.25, -0.2) is 4.98 Å². The number of aromatic nitrogens is 3. The van der Waals surface area contributed by atoms with Crippen LogP contribution in [0.15, 0.2) is 6.20 Å². The third-order valence-corrected chi connectivity index (χ3v) is 3.93. The number of Topliss-reactive ketones (excluding diaryl/α,β-unsaturated/α-hetero) is 1. The summed E-state index contributed by atoms with van der Waals surface area (Å²) in [5, 5.41) is 5.60. The van der Waals surface area contributed by atoms with Crippen molar-refractivity contribution in [3.63, 3.8) is 0 Å². The molecular weight excluding hydrogens is 258 g/mol. The van der Waals surface area contributed by atoms with E-state index in [1.54, 1.807) is 17.9 Å². The predicted octanol–water partition coefficient (Wildman–Crippen LogP) is 2.57. The summed E-state index contributed by atoms with van der Waals surface area (Å²) in [4.78, 5) is 16.8. The highest BCUT2D eigenvalue weighted by atomic mass is 35.5. The van der Waals surface area contributed by atoms with Gasteiger partial charge in [0.05, 0.1) is 15.6 Å². The molecule has 0 aliphatic rings. The van der Waals surface area contributed by atoms with Crippen molar-refractivity contribution in [2.75, 3.05) is 0 Å². The zero-order valence-electron chi connectivity index (χ0n) is 9.82. The van der Waals surface area contributed by atoms with E-state index in [-0.39, 0.29) is 12.2 Å². The van der Waals surface area contributed by atoms with Gasteiger partial charge in [-0.1, -0.05) is 11.6 Å². The number of carbonyl (C=O) groups is 1. The van der Waals surface area contributed by atoms with Gasteiger partial charge in [0.1, 0.15) is 5.15 Å². The summed E-state index contributed by atoms with van der Waals surface area (Å²) in [5.41, 5.74) is 1.59. The van der Waals surface area contributed by atoms with Crippen molar-refractivity contribution >= 4 is 28.7 Å². The molecule has 2 aromatic rings. The fourth-order valence-corrected chi connectivity index (χ4v) is 2.57. The summed E-state index contributed by atoms with van der Waals surface area (Å²) in [6, 6.07) is 0. The molecule has 0 aromatic carbocycles. The second-order valence-corrected chi connectivity index (χ2v) is 5.41. The lowest BCUT2D eigenvalue weighted by atomic mass is 10.1. The molecule has 90 valence electrons. The molecule has 2 rings (SSSR count). The zero-order valence-corrected chi connectivity index (χ0v) is 11.4. The Balaban J connectivity index is 2.24. The highest BCUT2D eigenvalue weighted by molar-refractivity contribution is 7.13. The highest BCUT2D eigenvalue weighted by Crippen LogP contribution is 2.22. The van der Waals surface area contributed by atoms with E-state index in [1.165, 1.54) is 11.3 Å². The molecule has 0 spiro atoms. The van der Waals surface area contributed by atoms with Gasteiger partial charge >= 0.3 is 0 Å². The van der Waals surface area contributed by atoms with Gasteiger partial charge in [-0.3, -0.25) is 9.48 Å². The molecule has 2 aromatic heterocycles. The van der Waals surface area contributed by atoms with E-state index in [1.807, 2.05) is 13.8 Å².